The molecular formula is C13H26N2O2S. The van der Waals surface area contributed by atoms with Gasteiger partial charge in [-0.1, -0.05) is 12.8 Å². The molecule has 2 rings (SSSR count). The number of sulfonamides is 1. The van der Waals surface area contributed by atoms with Crippen molar-refractivity contribution in [3.05, 3.63) is 0 Å². The van der Waals surface area contributed by atoms with Gasteiger partial charge in [-0.3, -0.25) is 0 Å². The van der Waals surface area contributed by atoms with Gasteiger partial charge in [-0.05, 0) is 57.0 Å². The van der Waals surface area contributed by atoms with E-state index in [9.17, 15) is 8.42 Å². The SMILES string of the molecule is O=S(=O)(CCC1CCNCC1)NCC1CCCC1. The van der Waals surface area contributed by atoms with Crippen LogP contribution in [0.2, 0.25) is 0 Å². The second-order valence-electron chi connectivity index (χ2n) is 5.80. The molecule has 106 valence electrons. The first-order valence-electron chi connectivity index (χ1n) is 7.34. The minimum atomic E-state index is -3.04. The molecule has 1 saturated heterocycles. The topological polar surface area (TPSA) is 58.2 Å². The third-order valence-corrected chi connectivity index (χ3v) is 5.70. The largest absolute Gasteiger partial charge is 0.317 e. The molecule has 1 aliphatic heterocycles. The van der Waals surface area contributed by atoms with Gasteiger partial charge in [0.25, 0.3) is 0 Å². The lowest BCUT2D eigenvalue weighted by atomic mass is 9.96. The van der Waals surface area contributed by atoms with E-state index in [1.54, 1.807) is 0 Å². The van der Waals surface area contributed by atoms with Crippen LogP contribution in [-0.2, 0) is 10.0 Å². The Bertz CT molecular complexity index is 331. The molecule has 1 heterocycles. The van der Waals surface area contributed by atoms with Gasteiger partial charge in [-0.15, -0.1) is 0 Å². The van der Waals surface area contributed by atoms with E-state index in [0.29, 0.717) is 24.1 Å². The molecule has 0 aromatic rings. The maximum absolute atomic E-state index is 11.9. The van der Waals surface area contributed by atoms with Crippen LogP contribution in [0.3, 0.4) is 0 Å². The molecule has 0 amide bonds. The maximum atomic E-state index is 11.9. The fraction of sp³-hybridized carbons (Fsp3) is 1.00. The first-order valence-corrected chi connectivity index (χ1v) is 8.99. The molecule has 2 fully saturated rings. The lowest BCUT2D eigenvalue weighted by Gasteiger charge is -2.22. The summed E-state index contributed by atoms with van der Waals surface area (Å²) in [5.41, 5.74) is 0. The molecule has 18 heavy (non-hydrogen) atoms. The number of rotatable bonds is 6. The lowest BCUT2D eigenvalue weighted by Crippen LogP contribution is -2.33. The van der Waals surface area contributed by atoms with Gasteiger partial charge >= 0.3 is 0 Å². The first-order chi connectivity index (χ1) is 8.66. The quantitative estimate of drug-likeness (QED) is 0.771. The van der Waals surface area contributed by atoms with Crippen LogP contribution in [0.5, 0.6) is 0 Å². The number of nitrogens with one attached hydrogen (secondary N) is 2. The smallest absolute Gasteiger partial charge is 0.211 e. The number of hydrogen-bond donors (Lipinski definition) is 2. The highest BCUT2D eigenvalue weighted by Gasteiger charge is 2.20. The van der Waals surface area contributed by atoms with E-state index < -0.39 is 10.0 Å². The summed E-state index contributed by atoms with van der Waals surface area (Å²) < 4.78 is 26.6. The van der Waals surface area contributed by atoms with E-state index in [-0.39, 0.29) is 0 Å². The third kappa shape index (κ3) is 4.86. The van der Waals surface area contributed by atoms with Crippen LogP contribution in [-0.4, -0.2) is 33.8 Å². The van der Waals surface area contributed by atoms with Crippen LogP contribution in [0.4, 0.5) is 0 Å². The average Bonchev–Trinajstić information content (AvgIpc) is 2.89. The van der Waals surface area contributed by atoms with Crippen molar-refractivity contribution in [1.82, 2.24) is 10.0 Å². The summed E-state index contributed by atoms with van der Waals surface area (Å²) >= 11 is 0. The first kappa shape index (κ1) is 14.3. The monoisotopic (exact) mass is 274 g/mol. The average molecular weight is 274 g/mol. The zero-order valence-electron chi connectivity index (χ0n) is 11.2. The minimum absolute atomic E-state index is 0.310. The Morgan fingerprint density at radius 1 is 1.00 bits per heavy atom. The zero-order valence-corrected chi connectivity index (χ0v) is 12.0. The lowest BCUT2D eigenvalue weighted by molar-refractivity contribution is 0.365. The summed E-state index contributed by atoms with van der Waals surface area (Å²) in [6, 6.07) is 0. The van der Waals surface area contributed by atoms with Gasteiger partial charge in [0, 0.05) is 6.54 Å². The molecule has 1 saturated carbocycles. The Balaban J connectivity index is 1.66. The molecule has 0 radical (unpaired) electrons. The zero-order chi connectivity index (χ0) is 12.8. The Hall–Kier alpha value is -0.130. The fourth-order valence-corrected chi connectivity index (χ4v) is 4.30. The van der Waals surface area contributed by atoms with Gasteiger partial charge in [0.15, 0.2) is 0 Å². The molecule has 0 unspecified atom stereocenters. The van der Waals surface area contributed by atoms with Crippen LogP contribution in [0.1, 0.15) is 44.9 Å². The summed E-state index contributed by atoms with van der Waals surface area (Å²) in [7, 11) is -3.04. The van der Waals surface area contributed by atoms with E-state index >= 15 is 0 Å². The Kier molecular flexibility index (Phi) is 5.45. The number of hydrogen-bond acceptors (Lipinski definition) is 3. The van der Waals surface area contributed by atoms with Crippen LogP contribution in [0.25, 0.3) is 0 Å². The molecule has 0 spiro atoms. The predicted molar refractivity (Wildman–Crippen MR) is 74.0 cm³/mol. The van der Waals surface area contributed by atoms with Gasteiger partial charge < -0.3 is 5.32 Å². The molecular weight excluding hydrogens is 248 g/mol. The van der Waals surface area contributed by atoms with Gasteiger partial charge in [-0.25, -0.2) is 13.1 Å². The molecule has 5 heteroatoms. The van der Waals surface area contributed by atoms with Gasteiger partial charge in [-0.2, -0.15) is 0 Å². The van der Waals surface area contributed by atoms with Crippen LogP contribution < -0.4 is 10.0 Å². The van der Waals surface area contributed by atoms with Crippen molar-refractivity contribution in [2.24, 2.45) is 11.8 Å². The van der Waals surface area contributed by atoms with E-state index in [2.05, 4.69) is 10.0 Å². The van der Waals surface area contributed by atoms with E-state index in [4.69, 9.17) is 0 Å². The molecule has 2 aliphatic rings. The highest BCUT2D eigenvalue weighted by Crippen LogP contribution is 2.24. The third-order valence-electron chi connectivity index (χ3n) is 4.32. The molecule has 0 aromatic heterocycles. The summed E-state index contributed by atoms with van der Waals surface area (Å²) in [5, 5.41) is 3.31. The number of piperidine rings is 1. The molecule has 4 nitrogen and oxygen atoms in total. The normalized spacial score (nSPS) is 23.6. The molecule has 1 aliphatic carbocycles. The van der Waals surface area contributed by atoms with Gasteiger partial charge in [0.2, 0.25) is 10.0 Å². The van der Waals surface area contributed by atoms with E-state index in [1.165, 1.54) is 25.7 Å². The highest BCUT2D eigenvalue weighted by atomic mass is 32.2. The summed E-state index contributed by atoms with van der Waals surface area (Å²) in [4.78, 5) is 0. The molecule has 0 atom stereocenters. The summed E-state index contributed by atoms with van der Waals surface area (Å²) in [6.45, 7) is 2.75. The van der Waals surface area contributed by atoms with E-state index in [0.717, 1.165) is 32.4 Å². The Morgan fingerprint density at radius 3 is 2.33 bits per heavy atom. The Labute approximate surface area is 111 Å². The van der Waals surface area contributed by atoms with Crippen molar-refractivity contribution in [2.75, 3.05) is 25.4 Å². The minimum Gasteiger partial charge on any atom is -0.317 e. The predicted octanol–water partition coefficient (Wildman–Crippen LogP) is 1.49. The van der Waals surface area contributed by atoms with Crippen molar-refractivity contribution in [1.29, 1.82) is 0 Å². The van der Waals surface area contributed by atoms with Crippen LogP contribution in [0, 0.1) is 11.8 Å². The van der Waals surface area contributed by atoms with Crippen molar-refractivity contribution < 1.29 is 8.42 Å². The van der Waals surface area contributed by atoms with Crippen molar-refractivity contribution in [3.63, 3.8) is 0 Å². The fourth-order valence-electron chi connectivity index (χ4n) is 3.02. The maximum Gasteiger partial charge on any atom is 0.211 e. The summed E-state index contributed by atoms with van der Waals surface area (Å²) in [5.74, 6) is 1.48. The van der Waals surface area contributed by atoms with Crippen molar-refractivity contribution in [2.45, 2.75) is 44.9 Å². The van der Waals surface area contributed by atoms with Crippen molar-refractivity contribution >= 4 is 10.0 Å². The highest BCUT2D eigenvalue weighted by molar-refractivity contribution is 7.89. The van der Waals surface area contributed by atoms with Gasteiger partial charge in [0.05, 0.1) is 5.75 Å². The molecule has 2 N–H and O–H groups in total. The molecule has 0 aromatic carbocycles. The van der Waals surface area contributed by atoms with Crippen LogP contribution >= 0.6 is 0 Å². The summed E-state index contributed by atoms with van der Waals surface area (Å²) in [6.07, 6.45) is 7.98. The Morgan fingerprint density at radius 2 is 1.67 bits per heavy atom. The van der Waals surface area contributed by atoms with E-state index in [1.807, 2.05) is 0 Å². The second-order valence-corrected chi connectivity index (χ2v) is 7.73. The van der Waals surface area contributed by atoms with Crippen molar-refractivity contribution in [3.8, 4) is 0 Å². The molecule has 0 bridgehead atoms. The standard InChI is InChI=1S/C13H26N2O2S/c16-18(17,15-11-13-3-1-2-4-13)10-7-12-5-8-14-9-6-12/h12-15H,1-11H2. The van der Waals surface area contributed by atoms with Gasteiger partial charge in [0.1, 0.15) is 0 Å². The second kappa shape index (κ2) is 6.87. The van der Waals surface area contributed by atoms with Crippen LogP contribution in [0.15, 0.2) is 0 Å².